The van der Waals surface area contributed by atoms with E-state index in [1.807, 2.05) is 12.1 Å². The van der Waals surface area contributed by atoms with Gasteiger partial charge in [-0.3, -0.25) is 29.6 Å². The van der Waals surface area contributed by atoms with Gasteiger partial charge in [-0.15, -0.1) is 0 Å². The molecular weight excluding hydrogens is 484 g/mol. The Morgan fingerprint density at radius 2 is 1.67 bits per heavy atom. The van der Waals surface area contributed by atoms with Gasteiger partial charge in [0.15, 0.2) is 5.78 Å². The van der Waals surface area contributed by atoms with Gasteiger partial charge in [0.25, 0.3) is 17.2 Å². The average molecular weight is 505 g/mol. The topological polar surface area (TPSA) is 118 Å². The number of halogens is 1. The number of hydrogen-bond acceptors (Lipinski definition) is 5. The molecule has 1 amide bonds. The second kappa shape index (κ2) is 10.4. The summed E-state index contributed by atoms with van der Waals surface area (Å²) in [5.74, 6) is -1.14. The number of nitro benzene ring substituents is 1. The van der Waals surface area contributed by atoms with Crippen molar-refractivity contribution >= 4 is 29.0 Å². The van der Waals surface area contributed by atoms with Crippen LogP contribution in [0.25, 0.3) is 16.9 Å². The van der Waals surface area contributed by atoms with E-state index < -0.39 is 22.2 Å². The van der Waals surface area contributed by atoms with Crippen LogP contribution < -0.4 is 5.56 Å². The molecule has 0 atom stereocenters. The molecule has 0 saturated carbocycles. The Bertz CT molecular complexity index is 1500. The van der Waals surface area contributed by atoms with E-state index in [0.717, 1.165) is 6.07 Å². The molecule has 1 N–H and O–H groups in total. The molecule has 36 heavy (non-hydrogen) atoms. The summed E-state index contributed by atoms with van der Waals surface area (Å²) in [6.45, 7) is 1.45. The fourth-order valence-corrected chi connectivity index (χ4v) is 4.07. The van der Waals surface area contributed by atoms with Crippen LogP contribution in [0.3, 0.4) is 0 Å². The highest BCUT2D eigenvalue weighted by atomic mass is 35.5. The number of likely N-dealkylation sites (N-methyl/N-ethyl adjacent to an activating group) is 1. The monoisotopic (exact) mass is 504 g/mol. The van der Waals surface area contributed by atoms with Crippen molar-refractivity contribution in [3.05, 3.63) is 115 Å². The standard InChI is InChI=1S/C26H21ClN4O5/c1-2-29(25(33)20-14-13-19(31(35)36)15-21(20)27)16-22(32)23-24(17-9-5-3-6-10-17)28-30(26(23)34)18-11-7-4-8-12-18/h3-15,28H,2,16H2,1H3. The summed E-state index contributed by atoms with van der Waals surface area (Å²) in [6, 6.07) is 21.3. The fourth-order valence-electron chi connectivity index (χ4n) is 3.81. The quantitative estimate of drug-likeness (QED) is 0.211. The fraction of sp³-hybridized carbons (Fsp3) is 0.115. The first-order valence-corrected chi connectivity index (χ1v) is 11.4. The van der Waals surface area contributed by atoms with Crippen LogP contribution in [0.4, 0.5) is 5.69 Å². The molecule has 3 aromatic carbocycles. The summed E-state index contributed by atoms with van der Waals surface area (Å²) < 4.78 is 1.29. The van der Waals surface area contributed by atoms with Crippen LogP contribution in [-0.4, -0.2) is 44.4 Å². The SMILES string of the molecule is CCN(CC(=O)c1c(-c2ccccc2)[nH]n(-c2ccccc2)c1=O)C(=O)c1ccc([N+](=O)[O-])cc1Cl. The van der Waals surface area contributed by atoms with E-state index in [4.69, 9.17) is 11.6 Å². The number of non-ortho nitro benzene ring substituents is 1. The number of nitro groups is 1. The van der Waals surface area contributed by atoms with Crippen LogP contribution in [0.15, 0.2) is 83.7 Å². The van der Waals surface area contributed by atoms with Crippen molar-refractivity contribution in [2.24, 2.45) is 0 Å². The third-order valence-corrected chi connectivity index (χ3v) is 5.96. The van der Waals surface area contributed by atoms with Gasteiger partial charge >= 0.3 is 0 Å². The minimum Gasteiger partial charge on any atom is -0.331 e. The Morgan fingerprint density at radius 3 is 2.25 bits per heavy atom. The van der Waals surface area contributed by atoms with Crippen molar-refractivity contribution in [3.63, 3.8) is 0 Å². The van der Waals surface area contributed by atoms with Gasteiger partial charge in [-0.25, -0.2) is 4.68 Å². The molecule has 0 radical (unpaired) electrons. The van der Waals surface area contributed by atoms with E-state index in [2.05, 4.69) is 5.10 Å². The number of rotatable bonds is 8. The number of para-hydroxylation sites is 1. The first-order valence-electron chi connectivity index (χ1n) is 11.0. The van der Waals surface area contributed by atoms with Gasteiger partial charge in [-0.1, -0.05) is 60.1 Å². The molecule has 0 aliphatic rings. The molecule has 4 rings (SSSR count). The largest absolute Gasteiger partial charge is 0.331 e. The van der Waals surface area contributed by atoms with Crippen molar-refractivity contribution in [1.29, 1.82) is 0 Å². The van der Waals surface area contributed by atoms with Gasteiger partial charge in [0.05, 0.1) is 33.4 Å². The first kappa shape index (κ1) is 24.6. The molecule has 9 nitrogen and oxygen atoms in total. The number of amides is 1. The number of H-pyrrole nitrogens is 1. The summed E-state index contributed by atoms with van der Waals surface area (Å²) >= 11 is 6.13. The number of aromatic amines is 1. The second-order valence-electron chi connectivity index (χ2n) is 7.87. The van der Waals surface area contributed by atoms with Gasteiger partial charge in [-0.2, -0.15) is 0 Å². The summed E-state index contributed by atoms with van der Waals surface area (Å²) in [4.78, 5) is 51.6. The highest BCUT2D eigenvalue weighted by molar-refractivity contribution is 6.34. The predicted molar refractivity (Wildman–Crippen MR) is 136 cm³/mol. The first-order chi connectivity index (χ1) is 17.3. The van der Waals surface area contributed by atoms with E-state index in [9.17, 15) is 24.5 Å². The number of ketones is 1. The lowest BCUT2D eigenvalue weighted by Gasteiger charge is -2.20. The van der Waals surface area contributed by atoms with Gasteiger partial charge in [0, 0.05) is 24.2 Å². The number of nitrogens with zero attached hydrogens (tertiary/aromatic N) is 3. The summed E-state index contributed by atoms with van der Waals surface area (Å²) in [7, 11) is 0. The van der Waals surface area contributed by atoms with Gasteiger partial charge in [-0.05, 0) is 25.1 Å². The number of aromatic nitrogens is 2. The molecule has 4 aromatic rings. The Labute approximate surface area is 210 Å². The van der Waals surface area contributed by atoms with Gasteiger partial charge in [0.2, 0.25) is 0 Å². The molecule has 1 aromatic heterocycles. The zero-order valence-electron chi connectivity index (χ0n) is 19.2. The van der Waals surface area contributed by atoms with Crippen LogP contribution in [0.2, 0.25) is 5.02 Å². The maximum atomic E-state index is 13.5. The Morgan fingerprint density at radius 1 is 1.03 bits per heavy atom. The molecule has 182 valence electrons. The second-order valence-corrected chi connectivity index (χ2v) is 8.27. The molecule has 10 heteroatoms. The smallest absolute Gasteiger partial charge is 0.282 e. The van der Waals surface area contributed by atoms with Crippen molar-refractivity contribution in [2.75, 3.05) is 13.1 Å². The van der Waals surface area contributed by atoms with E-state index >= 15 is 0 Å². The van der Waals surface area contributed by atoms with E-state index in [0.29, 0.717) is 16.9 Å². The summed E-state index contributed by atoms with van der Waals surface area (Å²) in [5.41, 5.74) is 0.688. The molecule has 0 unspecified atom stereocenters. The minimum absolute atomic E-state index is 0.0240. The lowest BCUT2D eigenvalue weighted by molar-refractivity contribution is -0.384. The number of nitrogens with one attached hydrogen (secondary N) is 1. The van der Waals surface area contributed by atoms with Crippen LogP contribution in [0.5, 0.6) is 0 Å². The Balaban J connectivity index is 1.71. The maximum absolute atomic E-state index is 13.5. The van der Waals surface area contributed by atoms with Gasteiger partial charge < -0.3 is 4.90 Å². The van der Waals surface area contributed by atoms with E-state index in [1.54, 1.807) is 55.5 Å². The van der Waals surface area contributed by atoms with Crippen LogP contribution >= 0.6 is 11.6 Å². The lowest BCUT2D eigenvalue weighted by atomic mass is 10.0. The highest BCUT2D eigenvalue weighted by Crippen LogP contribution is 2.25. The maximum Gasteiger partial charge on any atom is 0.282 e. The molecule has 0 aliphatic carbocycles. The molecular formula is C26H21ClN4O5. The van der Waals surface area contributed by atoms with Crippen LogP contribution in [0, 0.1) is 10.1 Å². The minimum atomic E-state index is -0.615. The zero-order chi connectivity index (χ0) is 25.8. The van der Waals surface area contributed by atoms with E-state index in [1.165, 1.54) is 21.7 Å². The number of Topliss-reactive ketones (excluding diaryl/α,β-unsaturated/α-hetero) is 1. The number of hydrogen-bond donors (Lipinski definition) is 1. The third kappa shape index (κ3) is 4.82. The number of carbonyl (C=O) groups is 2. The normalized spacial score (nSPS) is 10.7. The highest BCUT2D eigenvalue weighted by Gasteiger charge is 2.27. The Kier molecular flexibility index (Phi) is 7.12. The van der Waals surface area contributed by atoms with Crippen molar-refractivity contribution < 1.29 is 14.5 Å². The molecule has 0 spiro atoms. The predicted octanol–water partition coefficient (Wildman–Crippen LogP) is 4.74. The number of benzene rings is 3. The summed E-state index contributed by atoms with van der Waals surface area (Å²) in [5, 5.41) is 13.9. The molecule has 0 bridgehead atoms. The molecule has 1 heterocycles. The van der Waals surface area contributed by atoms with E-state index in [-0.39, 0.29) is 34.9 Å². The number of carbonyl (C=O) groups excluding carboxylic acids is 2. The Hall–Kier alpha value is -4.50. The summed E-state index contributed by atoms with van der Waals surface area (Å²) in [6.07, 6.45) is 0. The molecule has 0 fully saturated rings. The van der Waals surface area contributed by atoms with Gasteiger partial charge in [0.1, 0.15) is 5.56 Å². The van der Waals surface area contributed by atoms with Crippen molar-refractivity contribution in [3.8, 4) is 16.9 Å². The van der Waals surface area contributed by atoms with Crippen LogP contribution in [0.1, 0.15) is 27.6 Å². The third-order valence-electron chi connectivity index (χ3n) is 5.64. The average Bonchev–Trinajstić information content (AvgIpc) is 3.24. The zero-order valence-corrected chi connectivity index (χ0v) is 19.9. The molecule has 0 saturated heterocycles. The van der Waals surface area contributed by atoms with Crippen molar-refractivity contribution in [2.45, 2.75) is 6.92 Å². The van der Waals surface area contributed by atoms with Crippen molar-refractivity contribution in [1.82, 2.24) is 14.7 Å². The molecule has 0 aliphatic heterocycles. The van der Waals surface area contributed by atoms with Crippen LogP contribution in [-0.2, 0) is 0 Å². The lowest BCUT2D eigenvalue weighted by Crippen LogP contribution is -2.37.